The topological polar surface area (TPSA) is 32.7 Å². The molecule has 116 valence electrons. The van der Waals surface area contributed by atoms with E-state index in [0.29, 0.717) is 6.54 Å². The Morgan fingerprint density at radius 1 is 1.27 bits per heavy atom. The number of thioether (sulfide) groups is 1. The van der Waals surface area contributed by atoms with Crippen LogP contribution >= 0.6 is 56.0 Å². The summed E-state index contributed by atoms with van der Waals surface area (Å²) in [6.07, 6.45) is 0. The molecule has 0 bridgehead atoms. The van der Waals surface area contributed by atoms with Crippen LogP contribution in [0, 0.1) is 0 Å². The zero-order valence-corrected chi connectivity index (χ0v) is 16.5. The van der Waals surface area contributed by atoms with Gasteiger partial charge in [0.1, 0.15) is 0 Å². The van der Waals surface area contributed by atoms with Gasteiger partial charge in [-0.15, -0.1) is 28.3 Å². The van der Waals surface area contributed by atoms with Gasteiger partial charge in [-0.05, 0) is 35.7 Å². The van der Waals surface area contributed by atoms with E-state index in [1.165, 1.54) is 11.3 Å². The molecule has 0 spiro atoms. The summed E-state index contributed by atoms with van der Waals surface area (Å²) in [6, 6.07) is 11.8. The molecule has 0 amide bonds. The van der Waals surface area contributed by atoms with E-state index in [1.54, 1.807) is 11.8 Å². The van der Waals surface area contributed by atoms with E-state index in [4.69, 9.17) is 0 Å². The van der Waals surface area contributed by atoms with Crippen LogP contribution in [0.15, 0.2) is 51.2 Å². The van der Waals surface area contributed by atoms with Crippen LogP contribution in [0.5, 0.6) is 0 Å². The van der Waals surface area contributed by atoms with Crippen molar-refractivity contribution in [2.24, 2.45) is 4.99 Å². The minimum absolute atomic E-state index is 0. The average molecular weight is 462 g/mol. The van der Waals surface area contributed by atoms with Crippen LogP contribution in [0.3, 0.4) is 0 Å². The third-order valence-corrected chi connectivity index (χ3v) is 5.47. The van der Waals surface area contributed by atoms with E-state index in [0.717, 1.165) is 32.5 Å². The lowest BCUT2D eigenvalue weighted by atomic mass is 10.2. The smallest absolute Gasteiger partial charge is 0.192 e. The Labute approximate surface area is 156 Å². The van der Waals surface area contributed by atoms with Gasteiger partial charge in [-0.2, -0.15) is 0 Å². The highest BCUT2D eigenvalue weighted by Gasteiger charge is 2.21. The molecule has 1 aromatic carbocycles. The highest BCUT2D eigenvalue weighted by molar-refractivity contribution is 9.10. The summed E-state index contributed by atoms with van der Waals surface area (Å²) in [5.74, 6) is 1.11. The normalized spacial score (nSPS) is 13.4. The van der Waals surface area contributed by atoms with Crippen LogP contribution in [0.2, 0.25) is 0 Å². The number of thiophene rings is 1. The summed E-state index contributed by atoms with van der Waals surface area (Å²) in [5, 5.41) is 2.86. The molecule has 0 atom stereocenters. The standard InChI is InChI=1S/C15H13BrN2OS2.BrH/c16-11-3-5-12(6-4-11)18(15-17-7-9-21-15)10-13(19)14-2-1-8-20-14;/h1-6,8H,7,9-10H2;1H. The number of aliphatic imine (C=N–C) groups is 1. The first-order valence-corrected chi connectivity index (χ1v) is 9.17. The van der Waals surface area contributed by atoms with Gasteiger partial charge in [0.25, 0.3) is 0 Å². The molecule has 0 N–H and O–H groups in total. The summed E-state index contributed by atoms with van der Waals surface area (Å²) < 4.78 is 1.02. The number of Topliss-reactive ketones (excluding diaryl/α,β-unsaturated/α-hetero) is 1. The molecule has 0 fully saturated rings. The van der Waals surface area contributed by atoms with E-state index in [2.05, 4.69) is 20.9 Å². The van der Waals surface area contributed by atoms with Crippen molar-refractivity contribution in [3.05, 3.63) is 51.1 Å². The second-order valence-corrected chi connectivity index (χ2v) is 7.40. The number of anilines is 1. The molecule has 0 aliphatic carbocycles. The molecule has 3 nitrogen and oxygen atoms in total. The van der Waals surface area contributed by atoms with Crippen molar-refractivity contribution in [3.63, 3.8) is 0 Å². The van der Waals surface area contributed by atoms with Gasteiger partial charge in [-0.3, -0.25) is 9.79 Å². The molecule has 2 aromatic rings. The molecular weight excluding hydrogens is 448 g/mol. The third-order valence-electron chi connectivity index (χ3n) is 3.04. The molecule has 7 heteroatoms. The number of hydrogen-bond acceptors (Lipinski definition) is 5. The Morgan fingerprint density at radius 3 is 2.64 bits per heavy atom. The molecule has 1 aliphatic heterocycles. The van der Waals surface area contributed by atoms with Crippen molar-refractivity contribution < 1.29 is 4.79 Å². The molecule has 0 radical (unpaired) electrons. The molecule has 0 saturated carbocycles. The van der Waals surface area contributed by atoms with Gasteiger partial charge >= 0.3 is 0 Å². The van der Waals surface area contributed by atoms with Gasteiger partial charge in [0.15, 0.2) is 11.0 Å². The molecular formula is C15H14Br2N2OS2. The SMILES string of the molecule is Br.O=C(CN(C1=NCCS1)c1ccc(Br)cc1)c1cccs1. The van der Waals surface area contributed by atoms with Gasteiger partial charge in [-0.25, -0.2) is 0 Å². The monoisotopic (exact) mass is 460 g/mol. The maximum absolute atomic E-state index is 12.4. The predicted molar refractivity (Wildman–Crippen MR) is 105 cm³/mol. The van der Waals surface area contributed by atoms with Gasteiger partial charge < -0.3 is 4.90 Å². The molecule has 22 heavy (non-hydrogen) atoms. The van der Waals surface area contributed by atoms with Crippen LogP contribution in [-0.4, -0.2) is 29.8 Å². The lowest BCUT2D eigenvalue weighted by Crippen LogP contribution is -2.33. The third kappa shape index (κ3) is 4.22. The Kier molecular flexibility index (Phi) is 6.67. The Hall–Kier alpha value is -0.630. The second-order valence-electron chi connectivity index (χ2n) is 4.48. The van der Waals surface area contributed by atoms with E-state index in [9.17, 15) is 4.79 Å². The summed E-state index contributed by atoms with van der Waals surface area (Å²) in [5.41, 5.74) is 0.997. The number of amidine groups is 1. The number of carbonyl (C=O) groups is 1. The first-order chi connectivity index (χ1) is 10.2. The van der Waals surface area contributed by atoms with Gasteiger partial charge in [-0.1, -0.05) is 33.8 Å². The largest absolute Gasteiger partial charge is 0.313 e. The van der Waals surface area contributed by atoms with Crippen molar-refractivity contribution in [1.82, 2.24) is 0 Å². The molecule has 1 aliphatic rings. The molecule has 0 unspecified atom stereocenters. The summed E-state index contributed by atoms with van der Waals surface area (Å²) >= 11 is 6.63. The lowest BCUT2D eigenvalue weighted by Gasteiger charge is -2.23. The fraction of sp³-hybridized carbons (Fsp3) is 0.200. The van der Waals surface area contributed by atoms with Gasteiger partial charge in [0, 0.05) is 15.9 Å². The van der Waals surface area contributed by atoms with E-state index in [1.807, 2.05) is 46.7 Å². The zero-order valence-electron chi connectivity index (χ0n) is 11.6. The number of ketones is 1. The quantitative estimate of drug-likeness (QED) is 0.608. The first kappa shape index (κ1) is 17.7. The minimum Gasteiger partial charge on any atom is -0.313 e. The summed E-state index contributed by atoms with van der Waals surface area (Å²) in [7, 11) is 0. The van der Waals surface area contributed by atoms with Crippen LogP contribution in [0.25, 0.3) is 0 Å². The fourth-order valence-electron chi connectivity index (χ4n) is 2.04. The van der Waals surface area contributed by atoms with Crippen molar-refractivity contribution in [3.8, 4) is 0 Å². The number of halogens is 2. The highest BCUT2D eigenvalue weighted by Crippen LogP contribution is 2.25. The highest BCUT2D eigenvalue weighted by atomic mass is 79.9. The zero-order chi connectivity index (χ0) is 14.7. The summed E-state index contributed by atoms with van der Waals surface area (Å²) in [4.78, 5) is 19.7. The maximum Gasteiger partial charge on any atom is 0.192 e. The Morgan fingerprint density at radius 2 is 2.05 bits per heavy atom. The van der Waals surface area contributed by atoms with Crippen LogP contribution < -0.4 is 4.90 Å². The number of carbonyl (C=O) groups excluding carboxylic acids is 1. The lowest BCUT2D eigenvalue weighted by molar-refractivity contribution is 0.101. The predicted octanol–water partition coefficient (Wildman–Crippen LogP) is 4.88. The van der Waals surface area contributed by atoms with Crippen LogP contribution in [-0.2, 0) is 0 Å². The van der Waals surface area contributed by atoms with E-state index < -0.39 is 0 Å². The van der Waals surface area contributed by atoms with Crippen molar-refractivity contribution in [1.29, 1.82) is 0 Å². The van der Waals surface area contributed by atoms with Gasteiger partial charge in [0.05, 0.1) is 18.0 Å². The molecule has 0 saturated heterocycles. The first-order valence-electron chi connectivity index (χ1n) is 6.51. The van der Waals surface area contributed by atoms with Gasteiger partial charge in [0.2, 0.25) is 0 Å². The number of benzene rings is 1. The average Bonchev–Trinajstić information content (AvgIpc) is 3.19. The summed E-state index contributed by atoms with van der Waals surface area (Å²) in [6.45, 7) is 1.15. The number of nitrogens with zero attached hydrogens (tertiary/aromatic N) is 2. The molecule has 2 heterocycles. The maximum atomic E-state index is 12.4. The fourth-order valence-corrected chi connectivity index (χ4v) is 3.83. The second kappa shape index (κ2) is 8.29. The van der Waals surface area contributed by atoms with Crippen molar-refractivity contribution >= 4 is 72.6 Å². The number of hydrogen-bond donors (Lipinski definition) is 0. The molecule has 3 rings (SSSR count). The van der Waals surface area contributed by atoms with E-state index >= 15 is 0 Å². The van der Waals surface area contributed by atoms with Crippen molar-refractivity contribution in [2.45, 2.75) is 0 Å². The van der Waals surface area contributed by atoms with Crippen LogP contribution in [0.1, 0.15) is 9.67 Å². The van der Waals surface area contributed by atoms with Crippen molar-refractivity contribution in [2.75, 3.05) is 23.7 Å². The van der Waals surface area contributed by atoms with E-state index in [-0.39, 0.29) is 22.8 Å². The Balaban J connectivity index is 0.00000176. The number of rotatable bonds is 4. The van der Waals surface area contributed by atoms with Crippen LogP contribution in [0.4, 0.5) is 5.69 Å². The Bertz CT molecular complexity index is 657. The molecule has 1 aromatic heterocycles. The minimum atomic E-state index is 0.